The number of allylic oxidation sites excluding steroid dienone is 2. The van der Waals surface area contributed by atoms with E-state index in [0.29, 0.717) is 5.92 Å². The standard InChI is InChI=1S/C30H30N.C13H24O2.Ir/c1-18(2)11-21-15-28(22-13-19(3)12-20(4)14-22)31-29-17-27-25(16-24(21)29)23-9-7-8-10-26(23)30(27,5)6;1-5-10(6-2)12(14)9-13(15)11(7-3)8-4;/h7-10,12-13,15-18H,11H2,1-6H3;9-11,14H,5-8H2,1-4H3;/q-1;;/b;12-9-;. The van der Waals surface area contributed by atoms with Gasteiger partial charge in [-0.3, -0.25) is 9.78 Å². The van der Waals surface area contributed by atoms with Crippen LogP contribution in [0.1, 0.15) is 109 Å². The van der Waals surface area contributed by atoms with Crippen molar-refractivity contribution in [3.63, 3.8) is 0 Å². The maximum Gasteiger partial charge on any atom is 0.162 e. The molecule has 1 aliphatic carbocycles. The van der Waals surface area contributed by atoms with Crippen molar-refractivity contribution in [3.05, 3.63) is 100 Å². The molecule has 1 aromatic heterocycles. The van der Waals surface area contributed by atoms with Crippen LogP contribution in [0.2, 0.25) is 0 Å². The maximum atomic E-state index is 11.7. The molecule has 1 N–H and O–H groups in total. The second-order valence-corrected chi connectivity index (χ2v) is 14.1. The van der Waals surface area contributed by atoms with Gasteiger partial charge in [-0.05, 0) is 83.7 Å². The number of ketones is 1. The average Bonchev–Trinajstić information content (AvgIpc) is 3.22. The molecule has 0 aliphatic heterocycles. The predicted molar refractivity (Wildman–Crippen MR) is 195 cm³/mol. The molecule has 0 saturated carbocycles. The fourth-order valence-electron chi connectivity index (χ4n) is 7.05. The van der Waals surface area contributed by atoms with Crippen LogP contribution in [0.4, 0.5) is 0 Å². The fourth-order valence-corrected chi connectivity index (χ4v) is 7.05. The van der Waals surface area contributed by atoms with Crippen molar-refractivity contribution in [1.82, 2.24) is 4.98 Å². The van der Waals surface area contributed by atoms with Gasteiger partial charge in [0.25, 0.3) is 0 Å². The third-order valence-corrected chi connectivity index (χ3v) is 9.73. The van der Waals surface area contributed by atoms with E-state index in [1.807, 2.05) is 27.7 Å². The summed E-state index contributed by atoms with van der Waals surface area (Å²) in [5, 5.41) is 11.0. The fraction of sp³-hybridized carbons (Fsp3) is 0.442. The minimum atomic E-state index is -0.0118. The minimum absolute atomic E-state index is 0. The number of benzene rings is 3. The molecule has 3 nitrogen and oxygen atoms in total. The zero-order valence-corrected chi connectivity index (χ0v) is 32.6. The van der Waals surface area contributed by atoms with Crippen LogP contribution in [0.5, 0.6) is 0 Å². The largest absolute Gasteiger partial charge is 0.512 e. The first-order valence-corrected chi connectivity index (χ1v) is 17.4. The summed E-state index contributed by atoms with van der Waals surface area (Å²) in [5.41, 5.74) is 12.5. The van der Waals surface area contributed by atoms with Gasteiger partial charge in [-0.15, -0.1) is 34.9 Å². The monoisotopic (exact) mass is 809 g/mol. The van der Waals surface area contributed by atoms with Crippen molar-refractivity contribution >= 4 is 16.7 Å². The summed E-state index contributed by atoms with van der Waals surface area (Å²) in [6, 6.07) is 23.8. The molecule has 1 aliphatic rings. The number of pyridine rings is 1. The Balaban J connectivity index is 0.000000322. The number of aliphatic hydroxyl groups excluding tert-OH is 1. The van der Waals surface area contributed by atoms with Gasteiger partial charge in [0.2, 0.25) is 0 Å². The van der Waals surface area contributed by atoms with Crippen LogP contribution >= 0.6 is 0 Å². The second kappa shape index (κ2) is 16.4. The summed E-state index contributed by atoms with van der Waals surface area (Å²) >= 11 is 0. The van der Waals surface area contributed by atoms with E-state index < -0.39 is 0 Å². The normalized spacial score (nSPS) is 13.3. The molecule has 1 radical (unpaired) electrons. The van der Waals surface area contributed by atoms with E-state index in [2.05, 4.69) is 102 Å². The van der Waals surface area contributed by atoms with E-state index in [4.69, 9.17) is 4.98 Å². The molecule has 3 aromatic carbocycles. The number of hydrogen-bond acceptors (Lipinski definition) is 3. The Morgan fingerprint density at radius 1 is 0.872 bits per heavy atom. The quantitative estimate of drug-likeness (QED) is 0.0986. The van der Waals surface area contributed by atoms with Crippen LogP contribution in [0.3, 0.4) is 0 Å². The van der Waals surface area contributed by atoms with Gasteiger partial charge in [0, 0.05) is 48.8 Å². The first-order chi connectivity index (χ1) is 21.8. The van der Waals surface area contributed by atoms with Crippen LogP contribution in [-0.2, 0) is 36.7 Å². The average molecular weight is 809 g/mol. The third-order valence-electron chi connectivity index (χ3n) is 9.73. The van der Waals surface area contributed by atoms with Gasteiger partial charge in [0.1, 0.15) is 0 Å². The van der Waals surface area contributed by atoms with E-state index in [-0.39, 0.29) is 48.9 Å². The van der Waals surface area contributed by atoms with Gasteiger partial charge in [0.05, 0.1) is 11.3 Å². The Labute approximate surface area is 297 Å². The molecule has 0 unspecified atom stereocenters. The molecular weight excluding hydrogens is 755 g/mol. The van der Waals surface area contributed by atoms with E-state index in [9.17, 15) is 9.90 Å². The molecule has 0 amide bonds. The Morgan fingerprint density at radius 3 is 2.11 bits per heavy atom. The van der Waals surface area contributed by atoms with E-state index in [0.717, 1.165) is 54.4 Å². The van der Waals surface area contributed by atoms with Crippen LogP contribution < -0.4 is 0 Å². The van der Waals surface area contributed by atoms with Crippen LogP contribution in [0.25, 0.3) is 33.3 Å². The summed E-state index contributed by atoms with van der Waals surface area (Å²) < 4.78 is 0. The predicted octanol–water partition coefficient (Wildman–Crippen LogP) is 11.7. The first-order valence-electron chi connectivity index (χ1n) is 17.4. The number of fused-ring (bicyclic) bond motifs is 4. The SMILES string of the molecule is CCC(CC)C(=O)/C=C(\O)C(CC)CC.Cc1[c-]c(-c2cc(CC(C)C)c3cc4c(cc3n2)C(C)(C)c2ccccc2-4)cc(C)c1.[Ir]. The molecule has 5 rings (SSSR count). The van der Waals surface area contributed by atoms with Crippen LogP contribution in [-0.4, -0.2) is 15.9 Å². The number of nitrogens with zero attached hydrogens (tertiary/aromatic N) is 1. The number of aliphatic hydroxyl groups is 1. The van der Waals surface area contributed by atoms with E-state index >= 15 is 0 Å². The van der Waals surface area contributed by atoms with Crippen molar-refractivity contribution < 1.29 is 30.0 Å². The van der Waals surface area contributed by atoms with Gasteiger partial charge in [-0.25, -0.2) is 0 Å². The van der Waals surface area contributed by atoms with E-state index in [1.54, 1.807) is 0 Å². The Morgan fingerprint density at radius 2 is 1.51 bits per heavy atom. The second-order valence-electron chi connectivity index (χ2n) is 14.1. The molecule has 0 atom stereocenters. The smallest absolute Gasteiger partial charge is 0.162 e. The Bertz CT molecular complexity index is 1700. The zero-order valence-electron chi connectivity index (χ0n) is 30.2. The van der Waals surface area contributed by atoms with Gasteiger partial charge in [-0.2, -0.15) is 0 Å². The van der Waals surface area contributed by atoms with Crippen molar-refractivity contribution in [1.29, 1.82) is 0 Å². The van der Waals surface area contributed by atoms with Crippen LogP contribution in [0, 0.1) is 37.7 Å². The van der Waals surface area contributed by atoms with Gasteiger partial charge >= 0.3 is 0 Å². The molecule has 4 heteroatoms. The molecule has 47 heavy (non-hydrogen) atoms. The van der Waals surface area contributed by atoms with Crippen molar-refractivity contribution in [3.8, 4) is 22.4 Å². The van der Waals surface area contributed by atoms with Gasteiger partial charge in [-0.1, -0.05) is 99.6 Å². The summed E-state index contributed by atoms with van der Waals surface area (Å²) in [6.45, 7) is 21.6. The van der Waals surface area contributed by atoms with Crippen molar-refractivity contribution in [2.75, 3.05) is 0 Å². The maximum absolute atomic E-state index is 11.7. The third kappa shape index (κ3) is 8.51. The van der Waals surface area contributed by atoms with Gasteiger partial charge in [0.15, 0.2) is 5.78 Å². The molecule has 0 fully saturated rings. The van der Waals surface area contributed by atoms with Crippen molar-refractivity contribution in [2.24, 2.45) is 17.8 Å². The number of hydrogen-bond donors (Lipinski definition) is 1. The summed E-state index contributed by atoms with van der Waals surface area (Å²) in [7, 11) is 0. The Kier molecular flexibility index (Phi) is 13.4. The van der Waals surface area contributed by atoms with Gasteiger partial charge < -0.3 is 5.11 Å². The molecule has 253 valence electrons. The zero-order chi connectivity index (χ0) is 33.8. The summed E-state index contributed by atoms with van der Waals surface area (Å²) in [6.07, 6.45) is 5.95. The number of carbonyl (C=O) groups is 1. The first kappa shape index (κ1) is 38.4. The van der Waals surface area contributed by atoms with E-state index in [1.165, 1.54) is 44.8 Å². The molecule has 0 bridgehead atoms. The van der Waals surface area contributed by atoms with Crippen molar-refractivity contribution in [2.45, 2.75) is 107 Å². The Hall–Kier alpha value is -3.07. The summed E-state index contributed by atoms with van der Waals surface area (Å²) in [4.78, 5) is 16.9. The molecule has 0 saturated heterocycles. The summed E-state index contributed by atoms with van der Waals surface area (Å²) in [5.74, 6) is 1.13. The molecule has 0 spiro atoms. The number of aryl methyl sites for hydroxylation is 2. The molecular formula is C43H54IrNO2-. The minimum Gasteiger partial charge on any atom is -0.512 e. The molecule has 1 heterocycles. The van der Waals surface area contributed by atoms with Crippen LogP contribution in [0.15, 0.2) is 66.4 Å². The topological polar surface area (TPSA) is 50.2 Å². The molecule has 4 aromatic rings. The number of rotatable bonds is 10. The number of aromatic nitrogens is 1. The number of carbonyl (C=O) groups excluding carboxylic acids is 1.